The zero-order valence-corrected chi connectivity index (χ0v) is 15.5. The van der Waals surface area contributed by atoms with Crippen molar-refractivity contribution in [1.29, 1.82) is 0 Å². The molecular formula is C17H36O2Si. The van der Waals surface area contributed by atoms with Crippen LogP contribution in [0.5, 0.6) is 0 Å². The maximum atomic E-state index is 9.67. The molecule has 0 spiro atoms. The Morgan fingerprint density at radius 1 is 1.00 bits per heavy atom. The van der Waals surface area contributed by atoms with Crippen LogP contribution in [-0.2, 0) is 4.43 Å². The van der Waals surface area contributed by atoms with Gasteiger partial charge in [0.15, 0.2) is 8.32 Å². The van der Waals surface area contributed by atoms with Gasteiger partial charge in [0.05, 0.1) is 6.10 Å². The van der Waals surface area contributed by atoms with Gasteiger partial charge in [-0.15, -0.1) is 6.58 Å². The zero-order valence-electron chi connectivity index (χ0n) is 14.5. The third-order valence-electron chi connectivity index (χ3n) is 4.43. The second-order valence-corrected chi connectivity index (χ2v) is 12.3. The van der Waals surface area contributed by atoms with E-state index in [1.165, 1.54) is 0 Å². The summed E-state index contributed by atoms with van der Waals surface area (Å²) < 4.78 is 6.49. The SMILES string of the molecule is C=CC[C@H](O)CCCCO[Si](C(C)C)(C(C)C)C(C)C. The summed E-state index contributed by atoms with van der Waals surface area (Å²) in [5.74, 6) is 0. The Kier molecular flexibility index (Phi) is 9.69. The third kappa shape index (κ3) is 5.70. The highest BCUT2D eigenvalue weighted by Gasteiger charge is 2.44. The molecule has 0 aromatic carbocycles. The molecule has 2 nitrogen and oxygen atoms in total. The number of rotatable bonds is 11. The van der Waals surface area contributed by atoms with Crippen molar-refractivity contribution in [3.05, 3.63) is 12.7 Å². The summed E-state index contributed by atoms with van der Waals surface area (Å²) in [4.78, 5) is 0. The summed E-state index contributed by atoms with van der Waals surface area (Å²) in [7, 11) is -1.70. The van der Waals surface area contributed by atoms with Gasteiger partial charge in [-0.25, -0.2) is 0 Å². The van der Waals surface area contributed by atoms with Gasteiger partial charge in [-0.2, -0.15) is 0 Å². The van der Waals surface area contributed by atoms with Crippen molar-refractivity contribution >= 4 is 8.32 Å². The summed E-state index contributed by atoms with van der Waals surface area (Å²) in [5.41, 5.74) is 1.94. The van der Waals surface area contributed by atoms with Crippen molar-refractivity contribution in [1.82, 2.24) is 0 Å². The van der Waals surface area contributed by atoms with E-state index >= 15 is 0 Å². The lowest BCUT2D eigenvalue weighted by atomic mass is 10.1. The van der Waals surface area contributed by atoms with Crippen LogP contribution in [0.15, 0.2) is 12.7 Å². The van der Waals surface area contributed by atoms with Crippen molar-refractivity contribution in [2.45, 2.75) is 90.0 Å². The molecule has 0 aromatic heterocycles. The van der Waals surface area contributed by atoms with Gasteiger partial charge in [-0.05, 0) is 42.3 Å². The first-order chi connectivity index (χ1) is 9.28. The van der Waals surface area contributed by atoms with E-state index < -0.39 is 8.32 Å². The smallest absolute Gasteiger partial charge is 0.200 e. The first kappa shape index (κ1) is 19.9. The minimum absolute atomic E-state index is 0.227. The van der Waals surface area contributed by atoms with Crippen molar-refractivity contribution < 1.29 is 9.53 Å². The fraction of sp³-hybridized carbons (Fsp3) is 0.882. The van der Waals surface area contributed by atoms with Crippen LogP contribution >= 0.6 is 0 Å². The standard InChI is InChI=1S/C17H36O2Si/c1-8-11-17(18)12-9-10-13-19-20(14(2)3,15(4)5)16(6)7/h8,14-18H,1,9-13H2,2-7H3/t17-/m0/s1. The van der Waals surface area contributed by atoms with Crippen LogP contribution in [0.2, 0.25) is 16.6 Å². The average molecular weight is 301 g/mol. The van der Waals surface area contributed by atoms with Gasteiger partial charge in [0, 0.05) is 6.61 Å². The average Bonchev–Trinajstić information content (AvgIpc) is 2.32. The van der Waals surface area contributed by atoms with Gasteiger partial charge >= 0.3 is 0 Å². The molecular weight excluding hydrogens is 264 g/mol. The largest absolute Gasteiger partial charge is 0.416 e. The summed E-state index contributed by atoms with van der Waals surface area (Å²) in [6.45, 7) is 18.4. The van der Waals surface area contributed by atoms with Gasteiger partial charge in [-0.3, -0.25) is 0 Å². The van der Waals surface area contributed by atoms with Crippen LogP contribution in [0.1, 0.15) is 67.2 Å². The molecule has 1 atom stereocenters. The Balaban J connectivity index is 4.26. The lowest BCUT2D eigenvalue weighted by molar-refractivity contribution is 0.160. The van der Waals surface area contributed by atoms with E-state index in [4.69, 9.17) is 4.43 Å². The molecule has 0 unspecified atom stereocenters. The van der Waals surface area contributed by atoms with Crippen LogP contribution in [0.4, 0.5) is 0 Å². The monoisotopic (exact) mass is 300 g/mol. The number of aliphatic hydroxyl groups excluding tert-OH is 1. The summed E-state index contributed by atoms with van der Waals surface area (Å²) >= 11 is 0. The lowest BCUT2D eigenvalue weighted by Crippen LogP contribution is -2.47. The number of hydrogen-bond donors (Lipinski definition) is 1. The lowest BCUT2D eigenvalue weighted by Gasteiger charge is -2.42. The second-order valence-electron chi connectivity index (χ2n) is 6.84. The van der Waals surface area contributed by atoms with Gasteiger partial charge in [-0.1, -0.05) is 47.6 Å². The molecule has 1 N–H and O–H groups in total. The molecule has 0 rings (SSSR count). The van der Waals surface area contributed by atoms with Crippen LogP contribution in [0.3, 0.4) is 0 Å². The van der Waals surface area contributed by atoms with E-state index in [2.05, 4.69) is 48.1 Å². The second kappa shape index (κ2) is 9.75. The van der Waals surface area contributed by atoms with Gasteiger partial charge in [0.1, 0.15) is 0 Å². The number of aliphatic hydroxyl groups is 1. The summed E-state index contributed by atoms with van der Waals surface area (Å²) in [6, 6.07) is 0. The minimum Gasteiger partial charge on any atom is -0.416 e. The molecule has 0 radical (unpaired) electrons. The fourth-order valence-electron chi connectivity index (χ4n) is 3.54. The molecule has 0 heterocycles. The van der Waals surface area contributed by atoms with E-state index in [0.717, 1.165) is 25.9 Å². The van der Waals surface area contributed by atoms with Gasteiger partial charge in [0.2, 0.25) is 0 Å². The Bertz CT molecular complexity index is 240. The highest BCUT2D eigenvalue weighted by Crippen LogP contribution is 2.42. The summed E-state index contributed by atoms with van der Waals surface area (Å²) in [5, 5.41) is 9.67. The maximum absolute atomic E-state index is 9.67. The number of unbranched alkanes of at least 4 members (excludes halogenated alkanes) is 1. The molecule has 0 saturated carbocycles. The van der Waals surface area contributed by atoms with Crippen molar-refractivity contribution in [3.8, 4) is 0 Å². The molecule has 0 fully saturated rings. The van der Waals surface area contributed by atoms with E-state index in [1.54, 1.807) is 6.08 Å². The normalized spacial score (nSPS) is 14.3. The molecule has 20 heavy (non-hydrogen) atoms. The predicted molar refractivity (Wildman–Crippen MR) is 91.7 cm³/mol. The molecule has 0 amide bonds. The molecule has 0 aromatic rings. The quantitative estimate of drug-likeness (QED) is 0.319. The van der Waals surface area contributed by atoms with Crippen LogP contribution in [0.25, 0.3) is 0 Å². The van der Waals surface area contributed by atoms with Crippen molar-refractivity contribution in [2.75, 3.05) is 6.61 Å². The Labute approximate surface area is 127 Å². The predicted octanol–water partition coefficient (Wildman–Crippen LogP) is 5.29. The summed E-state index contributed by atoms with van der Waals surface area (Å²) in [6.07, 6.45) is 5.20. The molecule has 0 bridgehead atoms. The molecule has 0 aliphatic carbocycles. The number of hydrogen-bond acceptors (Lipinski definition) is 2. The van der Waals surface area contributed by atoms with Crippen molar-refractivity contribution in [3.63, 3.8) is 0 Å². The molecule has 3 heteroatoms. The van der Waals surface area contributed by atoms with Gasteiger partial charge in [0.25, 0.3) is 0 Å². The first-order valence-corrected chi connectivity index (χ1v) is 10.4. The molecule has 0 saturated heterocycles. The van der Waals surface area contributed by atoms with E-state index in [0.29, 0.717) is 23.0 Å². The fourth-order valence-corrected chi connectivity index (χ4v) is 9.04. The highest BCUT2D eigenvalue weighted by atomic mass is 28.4. The Morgan fingerprint density at radius 2 is 1.50 bits per heavy atom. The van der Waals surface area contributed by atoms with E-state index in [1.807, 2.05) is 0 Å². The van der Waals surface area contributed by atoms with E-state index in [9.17, 15) is 5.11 Å². The molecule has 120 valence electrons. The van der Waals surface area contributed by atoms with Gasteiger partial charge < -0.3 is 9.53 Å². The molecule has 0 aliphatic heterocycles. The third-order valence-corrected chi connectivity index (χ3v) is 10.5. The minimum atomic E-state index is -1.70. The zero-order chi connectivity index (χ0) is 15.8. The first-order valence-electron chi connectivity index (χ1n) is 8.21. The van der Waals surface area contributed by atoms with Crippen LogP contribution in [-0.4, -0.2) is 26.1 Å². The molecule has 0 aliphatic rings. The van der Waals surface area contributed by atoms with Crippen LogP contribution < -0.4 is 0 Å². The highest BCUT2D eigenvalue weighted by molar-refractivity contribution is 6.77. The van der Waals surface area contributed by atoms with Crippen molar-refractivity contribution in [2.24, 2.45) is 0 Å². The van der Waals surface area contributed by atoms with E-state index in [-0.39, 0.29) is 6.10 Å². The topological polar surface area (TPSA) is 29.5 Å². The Hall–Kier alpha value is -0.123. The van der Waals surface area contributed by atoms with Crippen LogP contribution in [0, 0.1) is 0 Å². The maximum Gasteiger partial charge on any atom is 0.200 e. The Morgan fingerprint density at radius 3 is 1.90 bits per heavy atom.